The molecule has 1 unspecified atom stereocenters. The lowest BCUT2D eigenvalue weighted by molar-refractivity contribution is 0.0701. The van der Waals surface area contributed by atoms with E-state index in [1.54, 1.807) is 23.1 Å². The molecule has 0 aliphatic heterocycles. The van der Waals surface area contributed by atoms with Crippen molar-refractivity contribution in [1.29, 1.82) is 0 Å². The van der Waals surface area contributed by atoms with Gasteiger partial charge in [0.05, 0.1) is 11.6 Å². The Morgan fingerprint density at radius 3 is 2.57 bits per heavy atom. The molecule has 1 N–H and O–H groups in total. The number of carbonyl (C=O) groups excluding carboxylic acids is 1. The molecule has 0 aliphatic rings. The van der Waals surface area contributed by atoms with Crippen LogP contribution in [0.3, 0.4) is 0 Å². The van der Waals surface area contributed by atoms with Crippen molar-refractivity contribution in [2.75, 3.05) is 6.54 Å². The summed E-state index contributed by atoms with van der Waals surface area (Å²) in [6.45, 7) is 4.51. The third-order valence-electron chi connectivity index (χ3n) is 3.53. The lowest BCUT2D eigenvalue weighted by Crippen LogP contribution is -2.33. The standard InChI is InChI=1S/C17H18BrNO2/c1-3-19(12(2)13-7-6-8-14(20)11-13)17(21)15-9-4-5-10-16(15)18/h4-12,20H,3H2,1-2H3. The van der Waals surface area contributed by atoms with Crippen LogP contribution in [-0.4, -0.2) is 22.5 Å². The van der Waals surface area contributed by atoms with Gasteiger partial charge < -0.3 is 10.0 Å². The Bertz CT molecular complexity index is 642. The summed E-state index contributed by atoms with van der Waals surface area (Å²) in [5, 5.41) is 9.61. The molecule has 0 saturated heterocycles. The molecule has 1 atom stereocenters. The van der Waals surface area contributed by atoms with Crippen LogP contribution in [-0.2, 0) is 0 Å². The molecule has 0 heterocycles. The molecule has 3 nitrogen and oxygen atoms in total. The van der Waals surface area contributed by atoms with Gasteiger partial charge >= 0.3 is 0 Å². The van der Waals surface area contributed by atoms with Gasteiger partial charge in [0, 0.05) is 11.0 Å². The number of rotatable bonds is 4. The molecule has 0 radical (unpaired) electrons. The normalized spacial score (nSPS) is 12.0. The molecule has 0 fully saturated rings. The quantitative estimate of drug-likeness (QED) is 0.891. The molecule has 1 amide bonds. The monoisotopic (exact) mass is 347 g/mol. The van der Waals surface area contributed by atoms with Gasteiger partial charge in [0.2, 0.25) is 0 Å². The van der Waals surface area contributed by atoms with E-state index in [1.807, 2.05) is 44.2 Å². The van der Waals surface area contributed by atoms with Crippen molar-refractivity contribution < 1.29 is 9.90 Å². The number of carbonyl (C=O) groups is 1. The van der Waals surface area contributed by atoms with E-state index < -0.39 is 0 Å². The smallest absolute Gasteiger partial charge is 0.255 e. The molecule has 4 heteroatoms. The van der Waals surface area contributed by atoms with Crippen LogP contribution in [0.25, 0.3) is 0 Å². The van der Waals surface area contributed by atoms with Crippen LogP contribution in [0.2, 0.25) is 0 Å². The Balaban J connectivity index is 2.31. The summed E-state index contributed by atoms with van der Waals surface area (Å²) in [5.74, 6) is 0.185. The highest BCUT2D eigenvalue weighted by molar-refractivity contribution is 9.10. The highest BCUT2D eigenvalue weighted by Crippen LogP contribution is 2.26. The number of nitrogens with zero attached hydrogens (tertiary/aromatic N) is 1. The van der Waals surface area contributed by atoms with Gasteiger partial charge in [-0.15, -0.1) is 0 Å². The van der Waals surface area contributed by atoms with Gasteiger partial charge in [-0.2, -0.15) is 0 Å². The molecule has 2 rings (SSSR count). The van der Waals surface area contributed by atoms with Gasteiger partial charge in [0.1, 0.15) is 5.75 Å². The van der Waals surface area contributed by atoms with Gasteiger partial charge in [-0.25, -0.2) is 0 Å². The van der Waals surface area contributed by atoms with Crippen LogP contribution in [0.4, 0.5) is 0 Å². The molecule has 0 bridgehead atoms. The SMILES string of the molecule is CCN(C(=O)c1ccccc1Br)C(C)c1cccc(O)c1. The maximum atomic E-state index is 12.7. The van der Waals surface area contributed by atoms with Crippen LogP contribution in [0, 0.1) is 0 Å². The molecular weight excluding hydrogens is 330 g/mol. The van der Waals surface area contributed by atoms with Crippen molar-refractivity contribution >= 4 is 21.8 Å². The van der Waals surface area contributed by atoms with Crippen molar-refractivity contribution in [3.05, 3.63) is 64.1 Å². The van der Waals surface area contributed by atoms with E-state index in [0.717, 1.165) is 10.0 Å². The van der Waals surface area contributed by atoms with Gasteiger partial charge in [-0.05, 0) is 59.6 Å². The maximum Gasteiger partial charge on any atom is 0.255 e. The van der Waals surface area contributed by atoms with Crippen LogP contribution in [0.1, 0.15) is 35.8 Å². The van der Waals surface area contributed by atoms with E-state index in [9.17, 15) is 9.90 Å². The van der Waals surface area contributed by atoms with Gasteiger partial charge in [0.15, 0.2) is 0 Å². The summed E-state index contributed by atoms with van der Waals surface area (Å²) in [7, 11) is 0. The minimum Gasteiger partial charge on any atom is -0.508 e. The fourth-order valence-electron chi connectivity index (χ4n) is 2.35. The zero-order valence-corrected chi connectivity index (χ0v) is 13.7. The average molecular weight is 348 g/mol. The Hall–Kier alpha value is -1.81. The molecule has 110 valence electrons. The zero-order chi connectivity index (χ0) is 15.4. The van der Waals surface area contributed by atoms with E-state index >= 15 is 0 Å². The maximum absolute atomic E-state index is 12.7. The summed E-state index contributed by atoms with van der Waals surface area (Å²) in [4.78, 5) is 14.5. The molecule has 0 spiro atoms. The van der Waals surface area contributed by atoms with Gasteiger partial charge in [-0.3, -0.25) is 4.79 Å². The van der Waals surface area contributed by atoms with E-state index in [-0.39, 0.29) is 17.7 Å². The number of amides is 1. The summed E-state index contributed by atoms with van der Waals surface area (Å²) in [6, 6.07) is 14.3. The Morgan fingerprint density at radius 2 is 1.95 bits per heavy atom. The van der Waals surface area contributed by atoms with Crippen molar-refractivity contribution in [2.45, 2.75) is 19.9 Å². The fourth-order valence-corrected chi connectivity index (χ4v) is 2.80. The number of phenols is 1. The Labute approximate surface area is 133 Å². The predicted molar refractivity (Wildman–Crippen MR) is 87.4 cm³/mol. The van der Waals surface area contributed by atoms with E-state index in [4.69, 9.17) is 0 Å². The van der Waals surface area contributed by atoms with Crippen LogP contribution in [0.15, 0.2) is 53.0 Å². The second-order valence-electron chi connectivity index (χ2n) is 4.84. The summed E-state index contributed by atoms with van der Waals surface area (Å²) < 4.78 is 0.788. The van der Waals surface area contributed by atoms with Crippen molar-refractivity contribution in [1.82, 2.24) is 4.90 Å². The first-order valence-electron chi connectivity index (χ1n) is 6.89. The lowest BCUT2D eigenvalue weighted by atomic mass is 10.1. The van der Waals surface area contributed by atoms with Crippen molar-refractivity contribution in [3.8, 4) is 5.75 Å². The zero-order valence-electron chi connectivity index (χ0n) is 12.1. The number of aromatic hydroxyl groups is 1. The largest absolute Gasteiger partial charge is 0.508 e. The molecule has 2 aromatic carbocycles. The number of phenolic OH excluding ortho intramolecular Hbond substituents is 1. The third kappa shape index (κ3) is 3.45. The average Bonchev–Trinajstić information content (AvgIpc) is 2.48. The first kappa shape index (κ1) is 15.6. The van der Waals surface area contributed by atoms with Gasteiger partial charge in [0.25, 0.3) is 5.91 Å². The van der Waals surface area contributed by atoms with Crippen molar-refractivity contribution in [3.63, 3.8) is 0 Å². The molecular formula is C17H18BrNO2. The fraction of sp³-hybridized carbons (Fsp3) is 0.235. The summed E-state index contributed by atoms with van der Waals surface area (Å²) in [6.07, 6.45) is 0. The highest BCUT2D eigenvalue weighted by atomic mass is 79.9. The number of halogens is 1. The predicted octanol–water partition coefficient (Wildman–Crippen LogP) is 4.38. The van der Waals surface area contributed by atoms with Crippen molar-refractivity contribution in [2.24, 2.45) is 0 Å². The molecule has 21 heavy (non-hydrogen) atoms. The second-order valence-corrected chi connectivity index (χ2v) is 5.70. The topological polar surface area (TPSA) is 40.5 Å². The first-order valence-corrected chi connectivity index (χ1v) is 7.68. The first-order chi connectivity index (χ1) is 10.0. The van der Waals surface area contributed by atoms with E-state index in [2.05, 4.69) is 15.9 Å². The number of hydrogen-bond donors (Lipinski definition) is 1. The third-order valence-corrected chi connectivity index (χ3v) is 4.22. The molecule has 0 aliphatic carbocycles. The van der Waals surface area contributed by atoms with Crippen LogP contribution < -0.4 is 0 Å². The molecule has 0 aromatic heterocycles. The molecule has 0 saturated carbocycles. The molecule has 2 aromatic rings. The van der Waals surface area contributed by atoms with Gasteiger partial charge in [-0.1, -0.05) is 24.3 Å². The lowest BCUT2D eigenvalue weighted by Gasteiger charge is -2.29. The minimum atomic E-state index is -0.110. The van der Waals surface area contributed by atoms with E-state index in [1.165, 1.54) is 0 Å². The Morgan fingerprint density at radius 1 is 1.24 bits per heavy atom. The Kier molecular flexibility index (Phi) is 5.02. The van der Waals surface area contributed by atoms with E-state index in [0.29, 0.717) is 12.1 Å². The van der Waals surface area contributed by atoms with Crippen LogP contribution in [0.5, 0.6) is 5.75 Å². The summed E-state index contributed by atoms with van der Waals surface area (Å²) in [5.41, 5.74) is 1.56. The van der Waals surface area contributed by atoms with Crippen LogP contribution >= 0.6 is 15.9 Å². The second kappa shape index (κ2) is 6.76. The number of hydrogen-bond acceptors (Lipinski definition) is 2. The summed E-state index contributed by atoms with van der Waals surface area (Å²) >= 11 is 3.42. The number of benzene rings is 2. The highest BCUT2D eigenvalue weighted by Gasteiger charge is 2.22. The minimum absolute atomic E-state index is 0.0270.